The van der Waals surface area contributed by atoms with Crippen molar-refractivity contribution in [1.82, 2.24) is 0 Å². The second-order valence-electron chi connectivity index (χ2n) is 5.03. The van der Waals surface area contributed by atoms with Crippen molar-refractivity contribution >= 4 is 8.80 Å². The number of halogens is 3. The molecule has 0 aliphatic carbocycles. The molecule has 118 valence electrons. The van der Waals surface area contributed by atoms with Gasteiger partial charge in [0.1, 0.15) is 0 Å². The van der Waals surface area contributed by atoms with Crippen molar-refractivity contribution in [3.8, 4) is 0 Å². The summed E-state index contributed by atoms with van der Waals surface area (Å²) < 4.78 is 50.6. The Labute approximate surface area is 121 Å². The number of alkyl halides is 3. The SMILES string of the molecule is C=CCCC(C=C)(OC[SiH](C)C)C(F)(F)OCCCF. The molecule has 0 saturated carbocycles. The summed E-state index contributed by atoms with van der Waals surface area (Å²) in [5.41, 5.74) is -1.88. The van der Waals surface area contributed by atoms with Gasteiger partial charge >= 0.3 is 6.11 Å². The van der Waals surface area contributed by atoms with Crippen LogP contribution in [0.25, 0.3) is 0 Å². The summed E-state index contributed by atoms with van der Waals surface area (Å²) >= 11 is 0. The van der Waals surface area contributed by atoms with Crippen LogP contribution in [0, 0.1) is 0 Å². The van der Waals surface area contributed by atoms with Crippen LogP contribution < -0.4 is 0 Å². The van der Waals surface area contributed by atoms with Gasteiger partial charge in [0.2, 0.25) is 0 Å². The van der Waals surface area contributed by atoms with Crippen LogP contribution in [0.3, 0.4) is 0 Å². The topological polar surface area (TPSA) is 18.5 Å². The Morgan fingerprint density at radius 2 is 1.85 bits per heavy atom. The van der Waals surface area contributed by atoms with Crippen LogP contribution in [0.15, 0.2) is 25.3 Å². The number of rotatable bonds is 12. The molecule has 2 nitrogen and oxygen atoms in total. The first-order chi connectivity index (χ1) is 9.35. The van der Waals surface area contributed by atoms with Gasteiger partial charge in [0, 0.05) is 6.23 Å². The van der Waals surface area contributed by atoms with E-state index in [0.29, 0.717) is 12.7 Å². The van der Waals surface area contributed by atoms with Gasteiger partial charge in [-0.3, -0.25) is 4.39 Å². The molecule has 20 heavy (non-hydrogen) atoms. The zero-order valence-corrected chi connectivity index (χ0v) is 13.5. The molecule has 0 radical (unpaired) electrons. The van der Waals surface area contributed by atoms with Crippen LogP contribution in [0.1, 0.15) is 19.3 Å². The van der Waals surface area contributed by atoms with E-state index in [1.165, 1.54) is 0 Å². The molecule has 0 heterocycles. The Bertz CT molecular complexity index is 298. The lowest BCUT2D eigenvalue weighted by Crippen LogP contribution is -2.51. The Hall–Kier alpha value is -0.593. The Balaban J connectivity index is 5.01. The first-order valence-electron chi connectivity index (χ1n) is 6.81. The monoisotopic (exact) mass is 310 g/mol. The molecule has 0 rings (SSSR count). The second-order valence-corrected chi connectivity index (χ2v) is 8.15. The lowest BCUT2D eigenvalue weighted by molar-refractivity contribution is -0.324. The molecular formula is C14H25F3O2Si. The third-order valence-electron chi connectivity index (χ3n) is 2.78. The molecule has 1 atom stereocenters. The fraction of sp³-hybridized carbons (Fsp3) is 0.714. The lowest BCUT2D eigenvalue weighted by Gasteiger charge is -2.37. The molecule has 0 aliphatic heterocycles. The standard InChI is InChI=1S/C14H25F3O2Si/c1-5-7-9-13(6-2,19-12-20(3)4)14(16,17)18-11-8-10-15/h5-6,20H,1-2,7-12H2,3-4H3. The second kappa shape index (κ2) is 9.36. The molecule has 1 unspecified atom stereocenters. The van der Waals surface area contributed by atoms with E-state index in [-0.39, 0.29) is 19.4 Å². The third kappa shape index (κ3) is 5.81. The van der Waals surface area contributed by atoms with Crippen molar-refractivity contribution in [2.24, 2.45) is 0 Å². The van der Waals surface area contributed by atoms with E-state index in [4.69, 9.17) is 4.74 Å². The van der Waals surface area contributed by atoms with Gasteiger partial charge < -0.3 is 9.47 Å². The van der Waals surface area contributed by atoms with E-state index in [2.05, 4.69) is 17.9 Å². The predicted molar refractivity (Wildman–Crippen MR) is 78.7 cm³/mol. The minimum absolute atomic E-state index is 0.0315. The highest BCUT2D eigenvalue weighted by molar-refractivity contribution is 6.55. The zero-order valence-electron chi connectivity index (χ0n) is 12.3. The van der Waals surface area contributed by atoms with Gasteiger partial charge in [-0.2, -0.15) is 8.78 Å². The van der Waals surface area contributed by atoms with Gasteiger partial charge in [0.25, 0.3) is 0 Å². The van der Waals surface area contributed by atoms with Crippen molar-refractivity contribution in [3.63, 3.8) is 0 Å². The van der Waals surface area contributed by atoms with Gasteiger partial charge in [-0.1, -0.05) is 31.8 Å². The molecule has 0 fully saturated rings. The maximum absolute atomic E-state index is 14.3. The summed E-state index contributed by atoms with van der Waals surface area (Å²) in [6, 6.07) is 0. The Morgan fingerprint density at radius 3 is 2.30 bits per heavy atom. The molecule has 0 aromatic carbocycles. The fourth-order valence-corrected chi connectivity index (χ4v) is 2.22. The van der Waals surface area contributed by atoms with Crippen molar-refractivity contribution < 1.29 is 22.6 Å². The molecule has 0 aromatic heterocycles. The van der Waals surface area contributed by atoms with Gasteiger partial charge in [-0.15, -0.1) is 6.58 Å². The zero-order chi connectivity index (χ0) is 15.6. The van der Waals surface area contributed by atoms with Crippen LogP contribution in [0.4, 0.5) is 13.2 Å². The van der Waals surface area contributed by atoms with Gasteiger partial charge in [0.05, 0.1) is 22.1 Å². The first-order valence-corrected chi connectivity index (χ1v) is 9.94. The molecule has 0 aromatic rings. The van der Waals surface area contributed by atoms with Crippen LogP contribution in [0.2, 0.25) is 13.1 Å². The molecule has 0 aliphatic rings. The smallest absolute Gasteiger partial charge is 0.365 e. The molecule has 0 bridgehead atoms. The number of hydrogen-bond acceptors (Lipinski definition) is 2. The van der Waals surface area contributed by atoms with E-state index < -0.39 is 27.2 Å². The molecular weight excluding hydrogens is 285 g/mol. The third-order valence-corrected chi connectivity index (χ3v) is 3.61. The number of ether oxygens (including phenoxy) is 2. The highest BCUT2D eigenvalue weighted by atomic mass is 28.3. The Kier molecular flexibility index (Phi) is 9.08. The van der Waals surface area contributed by atoms with Crippen molar-refractivity contribution in [1.29, 1.82) is 0 Å². The maximum atomic E-state index is 14.3. The van der Waals surface area contributed by atoms with E-state index in [0.717, 1.165) is 6.08 Å². The summed E-state index contributed by atoms with van der Waals surface area (Å²) in [6.07, 6.45) is -0.267. The normalized spacial score (nSPS) is 15.1. The molecule has 0 amide bonds. The molecule has 0 spiro atoms. The first kappa shape index (κ1) is 19.4. The number of allylic oxidation sites excluding steroid dienone is 1. The van der Waals surface area contributed by atoms with E-state index in [9.17, 15) is 13.2 Å². The minimum Gasteiger partial charge on any atom is -0.365 e. The number of hydrogen-bond donors (Lipinski definition) is 0. The average Bonchev–Trinajstić information content (AvgIpc) is 2.39. The van der Waals surface area contributed by atoms with Crippen molar-refractivity contribution in [3.05, 3.63) is 25.3 Å². The molecule has 0 saturated heterocycles. The summed E-state index contributed by atoms with van der Waals surface area (Å²) in [7, 11) is -1.17. The van der Waals surface area contributed by atoms with Crippen molar-refractivity contribution in [2.75, 3.05) is 19.5 Å². The quantitative estimate of drug-likeness (QED) is 0.309. The van der Waals surface area contributed by atoms with Gasteiger partial charge in [0.15, 0.2) is 5.60 Å². The minimum atomic E-state index is -3.53. The predicted octanol–water partition coefficient (Wildman–Crippen LogP) is 3.89. The largest absolute Gasteiger partial charge is 0.388 e. The summed E-state index contributed by atoms with van der Waals surface area (Å²) in [6.45, 7) is 9.98. The van der Waals surface area contributed by atoms with E-state index in [1.807, 2.05) is 13.1 Å². The molecule has 0 N–H and O–H groups in total. The van der Waals surface area contributed by atoms with E-state index in [1.54, 1.807) is 6.08 Å². The summed E-state index contributed by atoms with van der Waals surface area (Å²) in [5, 5.41) is 0. The van der Waals surface area contributed by atoms with E-state index >= 15 is 0 Å². The van der Waals surface area contributed by atoms with Crippen LogP contribution >= 0.6 is 0 Å². The van der Waals surface area contributed by atoms with Crippen LogP contribution in [-0.4, -0.2) is 40.0 Å². The van der Waals surface area contributed by atoms with Gasteiger partial charge in [-0.05, 0) is 19.3 Å². The van der Waals surface area contributed by atoms with Crippen LogP contribution in [-0.2, 0) is 9.47 Å². The fourth-order valence-electron chi connectivity index (χ4n) is 1.59. The maximum Gasteiger partial charge on any atom is 0.388 e. The summed E-state index contributed by atoms with van der Waals surface area (Å²) in [4.78, 5) is 0. The highest BCUT2D eigenvalue weighted by Gasteiger charge is 2.54. The van der Waals surface area contributed by atoms with Crippen LogP contribution in [0.5, 0.6) is 0 Å². The summed E-state index contributed by atoms with van der Waals surface area (Å²) in [5.74, 6) is 0. The Morgan fingerprint density at radius 1 is 1.20 bits per heavy atom. The lowest BCUT2D eigenvalue weighted by atomic mass is 9.96. The molecule has 6 heteroatoms. The van der Waals surface area contributed by atoms with Gasteiger partial charge in [-0.25, -0.2) is 0 Å². The highest BCUT2D eigenvalue weighted by Crippen LogP contribution is 2.38. The average molecular weight is 310 g/mol. The van der Waals surface area contributed by atoms with Crippen molar-refractivity contribution in [2.45, 2.75) is 44.1 Å².